The molecule has 2 heterocycles. The average molecular weight is 295 g/mol. The van der Waals surface area contributed by atoms with Crippen LogP contribution in [0.3, 0.4) is 0 Å². The number of hydrogen-bond donors (Lipinski definition) is 1. The molecule has 6 nitrogen and oxygen atoms in total. The van der Waals surface area contributed by atoms with Crippen molar-refractivity contribution in [3.8, 4) is 6.07 Å². The van der Waals surface area contributed by atoms with Gasteiger partial charge in [0.05, 0.1) is 18.2 Å². The van der Waals surface area contributed by atoms with Gasteiger partial charge in [-0.25, -0.2) is 0 Å². The topological polar surface area (TPSA) is 83.6 Å². The van der Waals surface area contributed by atoms with Crippen LogP contribution < -0.4 is 5.32 Å². The maximum absolute atomic E-state index is 12.2. The summed E-state index contributed by atoms with van der Waals surface area (Å²) in [5.41, 5.74) is 0.957. The lowest BCUT2D eigenvalue weighted by Gasteiger charge is -2.08. The zero-order valence-electron chi connectivity index (χ0n) is 12.2. The first kappa shape index (κ1) is 14.3. The predicted octanol–water partition coefficient (Wildman–Crippen LogP) is 1.81. The Morgan fingerprint density at radius 3 is 3.09 bits per heavy atom. The van der Waals surface area contributed by atoms with Gasteiger partial charge in [-0.15, -0.1) is 10.2 Å². The van der Waals surface area contributed by atoms with Gasteiger partial charge in [0.1, 0.15) is 5.82 Å². The molecule has 1 aromatic carbocycles. The lowest BCUT2D eigenvalue weighted by atomic mass is 10.1. The number of nitriles is 1. The Labute approximate surface area is 128 Å². The van der Waals surface area contributed by atoms with Crippen molar-refractivity contribution in [1.29, 1.82) is 5.26 Å². The van der Waals surface area contributed by atoms with Crippen LogP contribution in [0.25, 0.3) is 0 Å². The van der Waals surface area contributed by atoms with E-state index in [1.54, 1.807) is 24.3 Å². The summed E-state index contributed by atoms with van der Waals surface area (Å²) in [4.78, 5) is 12.2. The number of fused-ring (bicyclic) bond motifs is 1. The molecular weight excluding hydrogens is 278 g/mol. The van der Waals surface area contributed by atoms with Crippen LogP contribution in [0.1, 0.15) is 46.8 Å². The highest BCUT2D eigenvalue weighted by Crippen LogP contribution is 2.14. The predicted molar refractivity (Wildman–Crippen MR) is 79.9 cm³/mol. The second-order valence-electron chi connectivity index (χ2n) is 5.37. The molecule has 6 heteroatoms. The van der Waals surface area contributed by atoms with Crippen molar-refractivity contribution in [2.24, 2.45) is 0 Å². The standard InChI is InChI=1S/C16H17N5O/c17-10-12-5-4-6-13(9-12)16(22)18-11-15-20-19-14-7-2-1-3-8-21(14)15/h4-6,9H,1-3,7-8,11H2,(H,18,22). The van der Waals surface area contributed by atoms with E-state index in [2.05, 4.69) is 20.1 Å². The molecule has 0 radical (unpaired) electrons. The van der Waals surface area contributed by atoms with Gasteiger partial charge in [-0.3, -0.25) is 4.79 Å². The van der Waals surface area contributed by atoms with Crippen LogP contribution >= 0.6 is 0 Å². The molecule has 0 saturated heterocycles. The Kier molecular flexibility index (Phi) is 4.15. The minimum absolute atomic E-state index is 0.205. The highest BCUT2D eigenvalue weighted by atomic mass is 16.1. The summed E-state index contributed by atoms with van der Waals surface area (Å²) < 4.78 is 2.11. The monoisotopic (exact) mass is 295 g/mol. The van der Waals surface area contributed by atoms with E-state index in [1.807, 2.05) is 6.07 Å². The highest BCUT2D eigenvalue weighted by molar-refractivity contribution is 5.94. The Bertz CT molecular complexity index is 728. The number of amides is 1. The molecule has 112 valence electrons. The van der Waals surface area contributed by atoms with Crippen molar-refractivity contribution in [3.63, 3.8) is 0 Å². The number of benzene rings is 1. The number of nitrogens with zero attached hydrogens (tertiary/aromatic N) is 4. The molecule has 0 saturated carbocycles. The van der Waals surface area contributed by atoms with E-state index < -0.39 is 0 Å². The van der Waals surface area contributed by atoms with Crippen LogP contribution in [-0.2, 0) is 19.5 Å². The lowest BCUT2D eigenvalue weighted by molar-refractivity contribution is 0.0949. The van der Waals surface area contributed by atoms with Gasteiger partial charge in [0, 0.05) is 18.5 Å². The van der Waals surface area contributed by atoms with Crippen LogP contribution in [0.4, 0.5) is 0 Å². The first-order chi connectivity index (χ1) is 10.8. The van der Waals surface area contributed by atoms with Crippen molar-refractivity contribution in [1.82, 2.24) is 20.1 Å². The third-order valence-corrected chi connectivity index (χ3v) is 3.85. The van der Waals surface area contributed by atoms with Gasteiger partial charge in [-0.1, -0.05) is 12.5 Å². The van der Waals surface area contributed by atoms with E-state index in [-0.39, 0.29) is 5.91 Å². The SMILES string of the molecule is N#Cc1cccc(C(=O)NCc2nnc3n2CCCCC3)c1. The summed E-state index contributed by atoms with van der Waals surface area (Å²) in [5, 5.41) is 20.1. The van der Waals surface area contributed by atoms with E-state index in [0.717, 1.165) is 37.5 Å². The summed E-state index contributed by atoms with van der Waals surface area (Å²) in [7, 11) is 0. The molecule has 0 aliphatic carbocycles. The largest absolute Gasteiger partial charge is 0.345 e. The second kappa shape index (κ2) is 6.39. The molecule has 1 aliphatic rings. The molecule has 0 atom stereocenters. The highest BCUT2D eigenvalue weighted by Gasteiger charge is 2.15. The van der Waals surface area contributed by atoms with Crippen LogP contribution in [0.2, 0.25) is 0 Å². The molecule has 1 N–H and O–H groups in total. The molecule has 0 bridgehead atoms. The second-order valence-corrected chi connectivity index (χ2v) is 5.37. The number of carbonyl (C=O) groups excluding carboxylic acids is 1. The Morgan fingerprint density at radius 2 is 2.23 bits per heavy atom. The van der Waals surface area contributed by atoms with Crippen LogP contribution in [0, 0.1) is 11.3 Å². The molecule has 3 rings (SSSR count). The lowest BCUT2D eigenvalue weighted by Crippen LogP contribution is -2.25. The molecule has 1 aromatic heterocycles. The van der Waals surface area contributed by atoms with Gasteiger partial charge >= 0.3 is 0 Å². The van der Waals surface area contributed by atoms with Gasteiger partial charge in [-0.2, -0.15) is 5.26 Å². The van der Waals surface area contributed by atoms with Gasteiger partial charge in [0.15, 0.2) is 5.82 Å². The van der Waals surface area contributed by atoms with Gasteiger partial charge < -0.3 is 9.88 Å². The summed E-state index contributed by atoms with van der Waals surface area (Å²) in [6.07, 6.45) is 4.42. The maximum atomic E-state index is 12.2. The molecule has 22 heavy (non-hydrogen) atoms. The first-order valence-corrected chi connectivity index (χ1v) is 7.47. The van der Waals surface area contributed by atoms with Gasteiger partial charge in [0.25, 0.3) is 5.91 Å². The quantitative estimate of drug-likeness (QED) is 0.936. The number of aromatic nitrogens is 3. The van der Waals surface area contributed by atoms with Crippen LogP contribution in [-0.4, -0.2) is 20.7 Å². The maximum Gasteiger partial charge on any atom is 0.251 e. The van der Waals surface area contributed by atoms with Crippen LogP contribution in [0.15, 0.2) is 24.3 Å². The minimum Gasteiger partial charge on any atom is -0.345 e. The molecule has 1 amide bonds. The zero-order valence-corrected chi connectivity index (χ0v) is 12.2. The Morgan fingerprint density at radius 1 is 1.32 bits per heavy atom. The fourth-order valence-corrected chi connectivity index (χ4v) is 2.67. The van der Waals surface area contributed by atoms with Crippen molar-refractivity contribution >= 4 is 5.91 Å². The van der Waals surface area contributed by atoms with E-state index in [0.29, 0.717) is 17.7 Å². The number of carbonyl (C=O) groups is 1. The minimum atomic E-state index is -0.205. The Balaban J connectivity index is 1.69. The number of aryl methyl sites for hydroxylation is 1. The number of hydrogen-bond acceptors (Lipinski definition) is 4. The fourth-order valence-electron chi connectivity index (χ4n) is 2.67. The van der Waals surface area contributed by atoms with Gasteiger partial charge in [0.2, 0.25) is 0 Å². The summed E-state index contributed by atoms with van der Waals surface area (Å²) in [6.45, 7) is 1.26. The molecule has 2 aromatic rings. The van der Waals surface area contributed by atoms with Crippen LogP contribution in [0.5, 0.6) is 0 Å². The van der Waals surface area contributed by atoms with Gasteiger partial charge in [-0.05, 0) is 31.0 Å². The first-order valence-electron chi connectivity index (χ1n) is 7.47. The molecule has 0 fully saturated rings. The van der Waals surface area contributed by atoms with Crippen molar-refractivity contribution in [3.05, 3.63) is 47.0 Å². The number of nitrogens with one attached hydrogen (secondary N) is 1. The van der Waals surface area contributed by atoms with E-state index in [1.165, 1.54) is 6.42 Å². The number of rotatable bonds is 3. The summed E-state index contributed by atoms with van der Waals surface area (Å²) in [6, 6.07) is 8.69. The average Bonchev–Trinajstić information content (AvgIpc) is 2.79. The van der Waals surface area contributed by atoms with Crippen molar-refractivity contribution < 1.29 is 4.79 Å². The molecule has 0 spiro atoms. The summed E-state index contributed by atoms with van der Waals surface area (Å²) in [5.74, 6) is 1.60. The van der Waals surface area contributed by atoms with Crippen molar-refractivity contribution in [2.45, 2.75) is 38.8 Å². The molecular formula is C16H17N5O. The fraction of sp³-hybridized carbons (Fsp3) is 0.375. The smallest absolute Gasteiger partial charge is 0.251 e. The van der Waals surface area contributed by atoms with E-state index in [9.17, 15) is 4.79 Å². The Hall–Kier alpha value is -2.68. The normalized spacial score (nSPS) is 13.8. The summed E-state index contributed by atoms with van der Waals surface area (Å²) >= 11 is 0. The third kappa shape index (κ3) is 2.98. The van der Waals surface area contributed by atoms with E-state index in [4.69, 9.17) is 5.26 Å². The zero-order chi connectivity index (χ0) is 15.4. The molecule has 1 aliphatic heterocycles. The van der Waals surface area contributed by atoms with E-state index >= 15 is 0 Å². The third-order valence-electron chi connectivity index (χ3n) is 3.85. The molecule has 0 unspecified atom stereocenters. The van der Waals surface area contributed by atoms with Crippen molar-refractivity contribution in [2.75, 3.05) is 0 Å².